The average molecular weight is 566 g/mol. The van der Waals surface area contributed by atoms with Crippen LogP contribution < -0.4 is 16.7 Å². The van der Waals surface area contributed by atoms with Crippen molar-refractivity contribution in [1.29, 1.82) is 0 Å². The molecule has 39 heavy (non-hydrogen) atoms. The largest absolute Gasteiger partial charge is 0.338 e. The van der Waals surface area contributed by atoms with E-state index in [0.29, 0.717) is 53.4 Å². The van der Waals surface area contributed by atoms with E-state index in [1.165, 1.54) is 27.8 Å². The zero-order valence-corrected chi connectivity index (χ0v) is 22.5. The van der Waals surface area contributed by atoms with Gasteiger partial charge in [0.05, 0.1) is 33.6 Å². The fraction of sp³-hybridized carbons (Fsp3) is 0.207. The number of carbonyl (C=O) groups excluding carboxylic acids is 1. The van der Waals surface area contributed by atoms with Gasteiger partial charge in [0.2, 0.25) is 0 Å². The summed E-state index contributed by atoms with van der Waals surface area (Å²) in [6, 6.07) is 18.5. The highest BCUT2D eigenvalue weighted by Crippen LogP contribution is 2.20. The van der Waals surface area contributed by atoms with Crippen LogP contribution in [-0.4, -0.2) is 40.1 Å². The first-order valence-electron chi connectivity index (χ1n) is 12.3. The van der Waals surface area contributed by atoms with Crippen molar-refractivity contribution >= 4 is 45.7 Å². The fourth-order valence-corrected chi connectivity index (χ4v) is 4.28. The van der Waals surface area contributed by atoms with Crippen molar-refractivity contribution in [3.05, 3.63) is 104 Å². The number of nitrogens with one attached hydrogen (secondary N) is 1. The lowest BCUT2D eigenvalue weighted by atomic mass is 10.1. The van der Waals surface area contributed by atoms with Gasteiger partial charge in [0.25, 0.3) is 11.5 Å². The number of halogens is 3. The third kappa shape index (κ3) is 6.95. The number of fused-ring (bicyclic) bond motifs is 1. The minimum Gasteiger partial charge on any atom is -0.338 e. The molecule has 0 fully saturated rings. The van der Waals surface area contributed by atoms with Gasteiger partial charge in [-0.2, -0.15) is 0 Å². The first kappa shape index (κ1) is 28.1. The Morgan fingerprint density at radius 3 is 2.62 bits per heavy atom. The molecule has 1 aromatic heterocycles. The van der Waals surface area contributed by atoms with Crippen LogP contribution in [-0.2, 0) is 6.42 Å². The molecule has 200 valence electrons. The summed E-state index contributed by atoms with van der Waals surface area (Å²) in [7, 11) is 0. The number of carbonyl (C=O) groups is 1. The summed E-state index contributed by atoms with van der Waals surface area (Å²) < 4.78 is 15.8. The minimum absolute atomic E-state index is 0.0949. The maximum atomic E-state index is 14.4. The van der Waals surface area contributed by atoms with Crippen LogP contribution in [0.4, 0.5) is 10.1 Å². The maximum Gasteiger partial charge on any atom is 0.280 e. The van der Waals surface area contributed by atoms with Crippen LogP contribution in [0, 0.1) is 17.7 Å². The molecule has 3 aromatic carbocycles. The number of hydrogen-bond donors (Lipinski definition) is 2. The Labute approximate surface area is 235 Å². The molecule has 0 spiro atoms. The number of nitrogens with two attached hydrogens (primary N) is 1. The highest BCUT2D eigenvalue weighted by molar-refractivity contribution is 6.31. The first-order chi connectivity index (χ1) is 18.9. The number of anilines is 1. The zero-order chi connectivity index (χ0) is 27.8. The van der Waals surface area contributed by atoms with Crippen molar-refractivity contribution < 1.29 is 9.18 Å². The molecule has 0 unspecified atom stereocenters. The number of hydrogen-bond acceptors (Lipinski definition) is 5. The predicted octanol–water partition coefficient (Wildman–Crippen LogP) is 5.14. The van der Waals surface area contributed by atoms with Crippen LogP contribution in [0.3, 0.4) is 0 Å². The molecular weight excluding hydrogens is 540 g/mol. The lowest BCUT2D eigenvalue weighted by Gasteiger charge is -2.22. The number of nitrogens with zero attached hydrogens (tertiary/aromatic N) is 3. The summed E-state index contributed by atoms with van der Waals surface area (Å²) in [5.41, 5.74) is 9.54. The van der Waals surface area contributed by atoms with E-state index in [1.807, 2.05) is 30.3 Å². The molecule has 0 saturated carbocycles. The summed E-state index contributed by atoms with van der Waals surface area (Å²) in [6.07, 6.45) is 1.05. The molecule has 0 aliphatic heterocycles. The number of benzene rings is 3. The van der Waals surface area contributed by atoms with Crippen LogP contribution in [0.25, 0.3) is 10.9 Å². The van der Waals surface area contributed by atoms with Gasteiger partial charge >= 0.3 is 0 Å². The van der Waals surface area contributed by atoms with Crippen LogP contribution in [0.1, 0.15) is 29.0 Å². The van der Waals surface area contributed by atoms with Crippen LogP contribution in [0.2, 0.25) is 10.0 Å². The third-order valence-electron chi connectivity index (χ3n) is 5.90. The Morgan fingerprint density at radius 2 is 1.85 bits per heavy atom. The fourth-order valence-electron chi connectivity index (χ4n) is 3.94. The number of para-hydroxylation sites is 1. The number of amides is 1. The smallest absolute Gasteiger partial charge is 0.280 e. The Bertz CT molecular complexity index is 1600. The van der Waals surface area contributed by atoms with Gasteiger partial charge in [-0.3, -0.25) is 15.0 Å². The predicted molar refractivity (Wildman–Crippen MR) is 154 cm³/mol. The van der Waals surface area contributed by atoms with E-state index in [4.69, 9.17) is 28.9 Å². The van der Waals surface area contributed by atoms with Crippen LogP contribution in [0.15, 0.2) is 71.5 Å². The van der Waals surface area contributed by atoms with Gasteiger partial charge in [-0.05, 0) is 55.4 Å². The van der Waals surface area contributed by atoms with E-state index in [0.717, 1.165) is 0 Å². The molecule has 7 nitrogen and oxygen atoms in total. The molecule has 0 aliphatic carbocycles. The van der Waals surface area contributed by atoms with E-state index in [-0.39, 0.29) is 29.1 Å². The highest BCUT2D eigenvalue weighted by atomic mass is 35.5. The molecule has 4 rings (SSSR count). The van der Waals surface area contributed by atoms with E-state index in [9.17, 15) is 14.0 Å². The van der Waals surface area contributed by atoms with E-state index in [1.54, 1.807) is 18.2 Å². The summed E-state index contributed by atoms with van der Waals surface area (Å²) in [6.45, 7) is 1.02. The molecule has 1 heterocycles. The second kappa shape index (κ2) is 13.3. The van der Waals surface area contributed by atoms with Gasteiger partial charge in [0.15, 0.2) is 5.82 Å². The van der Waals surface area contributed by atoms with Crippen molar-refractivity contribution in [3.63, 3.8) is 0 Å². The molecule has 0 atom stereocenters. The van der Waals surface area contributed by atoms with E-state index < -0.39 is 11.7 Å². The first-order valence-corrected chi connectivity index (χ1v) is 13.1. The lowest BCUT2D eigenvalue weighted by Crippen LogP contribution is -2.34. The van der Waals surface area contributed by atoms with Gasteiger partial charge in [0, 0.05) is 24.5 Å². The van der Waals surface area contributed by atoms with Gasteiger partial charge < -0.3 is 10.6 Å². The van der Waals surface area contributed by atoms with Gasteiger partial charge in [-0.25, -0.2) is 14.1 Å². The molecule has 0 aliphatic rings. The van der Waals surface area contributed by atoms with Crippen LogP contribution in [0.5, 0.6) is 0 Å². The molecule has 0 saturated heterocycles. The second-order valence-corrected chi connectivity index (χ2v) is 9.47. The minimum atomic E-state index is -0.751. The maximum absolute atomic E-state index is 14.4. The summed E-state index contributed by atoms with van der Waals surface area (Å²) in [4.78, 5) is 32.4. The van der Waals surface area contributed by atoms with E-state index in [2.05, 4.69) is 22.3 Å². The Kier molecular flexibility index (Phi) is 9.55. The van der Waals surface area contributed by atoms with Crippen molar-refractivity contribution in [1.82, 2.24) is 14.6 Å². The lowest BCUT2D eigenvalue weighted by molar-refractivity contribution is 0.0753. The van der Waals surface area contributed by atoms with Crippen molar-refractivity contribution in [2.45, 2.75) is 19.3 Å². The molecule has 1 amide bonds. The van der Waals surface area contributed by atoms with Crippen molar-refractivity contribution in [2.75, 3.05) is 25.1 Å². The average Bonchev–Trinajstić information content (AvgIpc) is 2.93. The Morgan fingerprint density at radius 1 is 1.05 bits per heavy atom. The summed E-state index contributed by atoms with van der Waals surface area (Å²) in [5, 5.41) is 0.777. The molecule has 10 heteroatoms. The molecule has 3 N–H and O–H groups in total. The molecule has 4 aromatic rings. The Hall–Kier alpha value is -3.90. The Balaban J connectivity index is 1.54. The van der Waals surface area contributed by atoms with Crippen LogP contribution >= 0.6 is 23.2 Å². The van der Waals surface area contributed by atoms with E-state index >= 15 is 0 Å². The number of rotatable bonds is 9. The molecule has 0 radical (unpaired) electrons. The monoisotopic (exact) mass is 565 g/mol. The quantitative estimate of drug-likeness (QED) is 0.274. The molecular formula is C29H26Cl2FN5O2. The second-order valence-electron chi connectivity index (χ2n) is 8.62. The normalized spacial score (nSPS) is 10.7. The summed E-state index contributed by atoms with van der Waals surface area (Å²) >= 11 is 12.0. The van der Waals surface area contributed by atoms with Gasteiger partial charge in [0.1, 0.15) is 5.82 Å². The molecule has 0 bridgehead atoms. The van der Waals surface area contributed by atoms with Gasteiger partial charge in [-0.1, -0.05) is 53.4 Å². The summed E-state index contributed by atoms with van der Waals surface area (Å²) in [5.74, 6) is 5.26. The van der Waals surface area contributed by atoms with Crippen molar-refractivity contribution in [2.24, 2.45) is 5.73 Å². The standard InChI is InChI=1S/C29H26Cl2FN5O2/c30-20-14-15-22-25(19-20)34-26(37(29(22)39)35-21-9-3-1-4-10-21)13-5-2-6-17-36(18-8-16-33)28(38)23-11-7-12-24(31)27(23)32/h1,3-4,7,9-12,14-15,19,35H,6,8,13,16-18,33H2. The van der Waals surface area contributed by atoms with Crippen molar-refractivity contribution in [3.8, 4) is 11.8 Å². The topological polar surface area (TPSA) is 93.2 Å². The zero-order valence-electron chi connectivity index (χ0n) is 21.0. The number of aromatic nitrogens is 2. The third-order valence-corrected chi connectivity index (χ3v) is 6.42. The highest BCUT2D eigenvalue weighted by Gasteiger charge is 2.20. The van der Waals surface area contributed by atoms with Gasteiger partial charge in [-0.15, -0.1) is 5.92 Å². The SMILES string of the molecule is NCCCN(CCC#CCc1nc2cc(Cl)ccc2c(=O)n1Nc1ccccc1)C(=O)c1cccc(Cl)c1F.